The van der Waals surface area contributed by atoms with Gasteiger partial charge in [-0.05, 0) is 55.5 Å². The molecule has 0 N–H and O–H groups in total. The summed E-state index contributed by atoms with van der Waals surface area (Å²) in [7, 11) is -3.79. The van der Waals surface area contributed by atoms with Crippen LogP contribution in [0.4, 0.5) is 0 Å². The van der Waals surface area contributed by atoms with E-state index in [1.807, 2.05) is 38.1 Å². The topological polar surface area (TPSA) is 72.3 Å². The second-order valence-electron chi connectivity index (χ2n) is 9.10. The van der Waals surface area contributed by atoms with Crippen LogP contribution in [0.5, 0.6) is 0 Å². The fourth-order valence-corrected chi connectivity index (χ4v) is 5.63. The maximum Gasteiger partial charge on any atom is 0.261 e. The average Bonchev–Trinajstić information content (AvgIpc) is 2.76. The third kappa shape index (κ3) is 4.50. The van der Waals surface area contributed by atoms with Crippen molar-refractivity contribution in [2.24, 2.45) is 0 Å². The molecule has 0 spiro atoms. The number of fused-ring (bicyclic) bond motifs is 1. The Morgan fingerprint density at radius 2 is 1.66 bits per heavy atom. The van der Waals surface area contributed by atoms with Crippen molar-refractivity contribution < 1.29 is 8.42 Å². The summed E-state index contributed by atoms with van der Waals surface area (Å²) >= 11 is 0. The van der Waals surface area contributed by atoms with Gasteiger partial charge in [-0.1, -0.05) is 52.0 Å². The van der Waals surface area contributed by atoms with Gasteiger partial charge in [0.25, 0.3) is 5.56 Å². The number of benzene rings is 2. The number of hydrogen-bond acceptors (Lipinski definition) is 4. The van der Waals surface area contributed by atoms with Crippen LogP contribution in [0.25, 0.3) is 10.9 Å². The van der Waals surface area contributed by atoms with Crippen molar-refractivity contribution in [1.82, 2.24) is 13.9 Å². The first-order chi connectivity index (χ1) is 15.0. The van der Waals surface area contributed by atoms with Gasteiger partial charge in [-0.25, -0.2) is 13.4 Å². The SMILES string of the molecule is CCCN(C(C)c1nc2ccccc2c(=O)n1CC)S(=O)(=O)c1ccc(C(C)(C)C)cc1. The molecule has 1 heterocycles. The van der Waals surface area contributed by atoms with Crippen LogP contribution < -0.4 is 5.56 Å². The van der Waals surface area contributed by atoms with E-state index in [-0.39, 0.29) is 15.9 Å². The zero-order valence-corrected chi connectivity index (χ0v) is 20.6. The van der Waals surface area contributed by atoms with E-state index in [4.69, 9.17) is 4.98 Å². The third-order valence-electron chi connectivity index (χ3n) is 5.78. The largest absolute Gasteiger partial charge is 0.295 e. The molecule has 1 aromatic heterocycles. The van der Waals surface area contributed by atoms with Crippen molar-refractivity contribution in [2.75, 3.05) is 6.54 Å². The molecule has 6 nitrogen and oxygen atoms in total. The number of sulfonamides is 1. The molecule has 172 valence electrons. The molecule has 3 rings (SSSR count). The zero-order chi connectivity index (χ0) is 23.7. The lowest BCUT2D eigenvalue weighted by atomic mass is 9.87. The second kappa shape index (κ2) is 9.16. The maximum absolute atomic E-state index is 13.7. The minimum absolute atomic E-state index is 0.0646. The Bertz CT molecular complexity index is 1260. The van der Waals surface area contributed by atoms with Gasteiger partial charge in [0.2, 0.25) is 10.0 Å². The summed E-state index contributed by atoms with van der Waals surface area (Å²) in [6, 6.07) is 13.7. The molecular weight excluding hydrogens is 422 g/mol. The van der Waals surface area contributed by atoms with Crippen molar-refractivity contribution >= 4 is 20.9 Å². The van der Waals surface area contributed by atoms with Crippen LogP contribution in [-0.4, -0.2) is 28.8 Å². The van der Waals surface area contributed by atoms with Gasteiger partial charge in [0.1, 0.15) is 5.82 Å². The quantitative estimate of drug-likeness (QED) is 0.509. The second-order valence-corrected chi connectivity index (χ2v) is 11.0. The molecule has 3 aromatic rings. The Kier molecular flexibility index (Phi) is 6.91. The average molecular weight is 456 g/mol. The summed E-state index contributed by atoms with van der Waals surface area (Å²) in [5, 5.41) is 0.535. The van der Waals surface area contributed by atoms with E-state index in [9.17, 15) is 13.2 Å². The van der Waals surface area contributed by atoms with Crippen molar-refractivity contribution in [3.63, 3.8) is 0 Å². The van der Waals surface area contributed by atoms with Crippen molar-refractivity contribution in [2.45, 2.75) is 70.9 Å². The Hall–Kier alpha value is -2.51. The molecule has 0 fully saturated rings. The van der Waals surface area contributed by atoms with E-state index in [0.717, 1.165) is 5.56 Å². The molecular formula is C25H33N3O3S. The van der Waals surface area contributed by atoms with Crippen LogP contribution in [0.3, 0.4) is 0 Å². The highest BCUT2D eigenvalue weighted by atomic mass is 32.2. The van der Waals surface area contributed by atoms with Crippen LogP contribution in [0.2, 0.25) is 0 Å². The first-order valence-corrected chi connectivity index (χ1v) is 12.6. The van der Waals surface area contributed by atoms with E-state index in [0.29, 0.717) is 36.2 Å². The van der Waals surface area contributed by atoms with E-state index >= 15 is 0 Å². The van der Waals surface area contributed by atoms with Crippen LogP contribution in [0, 0.1) is 0 Å². The smallest absolute Gasteiger partial charge is 0.261 e. The van der Waals surface area contributed by atoms with Crippen LogP contribution in [0.1, 0.15) is 65.4 Å². The van der Waals surface area contributed by atoms with Crippen molar-refractivity contribution in [1.29, 1.82) is 0 Å². The van der Waals surface area contributed by atoms with Gasteiger partial charge in [0, 0.05) is 13.1 Å². The van der Waals surface area contributed by atoms with E-state index in [1.165, 1.54) is 4.31 Å². The predicted octanol–water partition coefficient (Wildman–Crippen LogP) is 4.88. The lowest BCUT2D eigenvalue weighted by Gasteiger charge is -2.29. The van der Waals surface area contributed by atoms with Crippen molar-refractivity contribution in [3.8, 4) is 0 Å². The number of hydrogen-bond donors (Lipinski definition) is 0. The highest BCUT2D eigenvalue weighted by Crippen LogP contribution is 2.29. The summed E-state index contributed by atoms with van der Waals surface area (Å²) < 4.78 is 30.4. The molecule has 1 unspecified atom stereocenters. The molecule has 0 amide bonds. The molecule has 0 aliphatic rings. The minimum atomic E-state index is -3.79. The zero-order valence-electron chi connectivity index (χ0n) is 19.8. The fourth-order valence-electron chi connectivity index (χ4n) is 3.94. The number of rotatable bonds is 7. The predicted molar refractivity (Wildman–Crippen MR) is 129 cm³/mol. The van der Waals surface area contributed by atoms with E-state index in [1.54, 1.807) is 35.8 Å². The lowest BCUT2D eigenvalue weighted by molar-refractivity contribution is 0.321. The first-order valence-electron chi connectivity index (χ1n) is 11.1. The van der Waals surface area contributed by atoms with Crippen LogP contribution >= 0.6 is 0 Å². The molecule has 7 heteroatoms. The first kappa shape index (κ1) is 24.1. The Morgan fingerprint density at radius 1 is 1.03 bits per heavy atom. The monoisotopic (exact) mass is 455 g/mol. The minimum Gasteiger partial charge on any atom is -0.295 e. The molecule has 0 saturated carbocycles. The normalized spacial score (nSPS) is 13.6. The number of aromatic nitrogens is 2. The summed E-state index contributed by atoms with van der Waals surface area (Å²) in [5.41, 5.74) is 1.43. The van der Waals surface area contributed by atoms with E-state index < -0.39 is 16.1 Å². The van der Waals surface area contributed by atoms with Gasteiger partial charge in [-0.2, -0.15) is 4.31 Å². The number of nitrogens with zero attached hydrogens (tertiary/aromatic N) is 3. The summed E-state index contributed by atoms with van der Waals surface area (Å²) in [5.74, 6) is 0.458. The summed E-state index contributed by atoms with van der Waals surface area (Å²) in [6.45, 7) is 12.6. The van der Waals surface area contributed by atoms with Gasteiger partial charge < -0.3 is 0 Å². The standard InChI is InChI=1S/C25H33N3O3S/c1-7-17-28(32(30,31)20-15-13-19(14-16-20)25(4,5)6)18(3)23-26-22-12-10-9-11-21(22)24(29)27(23)8-2/h9-16,18H,7-8,17H2,1-6H3. The van der Waals surface area contributed by atoms with E-state index in [2.05, 4.69) is 20.8 Å². The number of para-hydroxylation sites is 1. The fraction of sp³-hybridized carbons (Fsp3) is 0.440. The van der Waals surface area contributed by atoms with Crippen molar-refractivity contribution in [3.05, 3.63) is 70.3 Å². The van der Waals surface area contributed by atoms with Gasteiger partial charge in [-0.15, -0.1) is 0 Å². The molecule has 0 saturated heterocycles. The highest BCUT2D eigenvalue weighted by molar-refractivity contribution is 7.89. The molecule has 0 aliphatic carbocycles. The van der Waals surface area contributed by atoms with Gasteiger partial charge >= 0.3 is 0 Å². The van der Waals surface area contributed by atoms with Crippen LogP contribution in [0.15, 0.2) is 58.2 Å². The Morgan fingerprint density at radius 3 is 2.22 bits per heavy atom. The third-order valence-corrected chi connectivity index (χ3v) is 7.77. The van der Waals surface area contributed by atoms with Gasteiger partial charge in [0.05, 0.1) is 21.8 Å². The molecule has 0 bridgehead atoms. The Labute approximate surface area is 191 Å². The molecule has 0 radical (unpaired) electrons. The molecule has 2 aromatic carbocycles. The van der Waals surface area contributed by atoms with Gasteiger partial charge in [-0.3, -0.25) is 9.36 Å². The highest BCUT2D eigenvalue weighted by Gasteiger charge is 2.32. The lowest BCUT2D eigenvalue weighted by Crippen LogP contribution is -2.38. The maximum atomic E-state index is 13.7. The Balaban J connectivity index is 2.11. The van der Waals surface area contributed by atoms with Gasteiger partial charge in [0.15, 0.2) is 0 Å². The summed E-state index contributed by atoms with van der Waals surface area (Å²) in [6.07, 6.45) is 0.646. The summed E-state index contributed by atoms with van der Waals surface area (Å²) in [4.78, 5) is 18.0. The molecule has 0 aliphatic heterocycles. The molecule has 32 heavy (non-hydrogen) atoms. The molecule has 1 atom stereocenters. The van der Waals surface area contributed by atoms with Crippen LogP contribution in [-0.2, 0) is 22.0 Å².